The molecule has 4 nitrogen and oxygen atoms in total. The van der Waals surface area contributed by atoms with Crippen molar-refractivity contribution in [2.45, 2.75) is 11.9 Å². The summed E-state index contributed by atoms with van der Waals surface area (Å²) >= 11 is 1.73. The number of hydrogen-bond donors (Lipinski definition) is 0. The quantitative estimate of drug-likeness (QED) is 0.639. The van der Waals surface area contributed by atoms with E-state index in [2.05, 4.69) is 32.8 Å². The van der Waals surface area contributed by atoms with Crippen LogP contribution in [0, 0.1) is 5.82 Å². The first kappa shape index (κ1) is 15.1. The third kappa shape index (κ3) is 3.50. The van der Waals surface area contributed by atoms with Crippen LogP contribution >= 0.6 is 11.8 Å². The van der Waals surface area contributed by atoms with Gasteiger partial charge in [-0.25, -0.2) is 14.4 Å². The number of nitrogens with zero attached hydrogens (tertiary/aromatic N) is 4. The summed E-state index contributed by atoms with van der Waals surface area (Å²) in [5.41, 5.74) is 1.07. The van der Waals surface area contributed by atoms with Crippen LogP contribution in [0.5, 0.6) is 0 Å². The molecular formula is C16H19FN4S. The first-order chi connectivity index (χ1) is 10.8. The maximum atomic E-state index is 13.0. The van der Waals surface area contributed by atoms with Crippen LogP contribution in [-0.2, 0) is 0 Å². The fourth-order valence-corrected chi connectivity index (χ4v) is 3.18. The Labute approximate surface area is 134 Å². The summed E-state index contributed by atoms with van der Waals surface area (Å²) in [7, 11) is 0. The summed E-state index contributed by atoms with van der Waals surface area (Å²) in [6, 6.07) is 8.76. The maximum absolute atomic E-state index is 13.0. The van der Waals surface area contributed by atoms with Gasteiger partial charge in [0.05, 0.1) is 0 Å². The topological polar surface area (TPSA) is 32.3 Å². The van der Waals surface area contributed by atoms with Gasteiger partial charge in [0.1, 0.15) is 23.0 Å². The van der Waals surface area contributed by atoms with E-state index in [0.717, 1.165) is 48.5 Å². The molecular weight excluding hydrogens is 299 g/mol. The second-order valence-electron chi connectivity index (χ2n) is 5.10. The van der Waals surface area contributed by atoms with Crippen molar-refractivity contribution in [1.29, 1.82) is 0 Å². The van der Waals surface area contributed by atoms with Gasteiger partial charge in [0.2, 0.25) is 0 Å². The third-order valence-corrected chi connectivity index (χ3v) is 4.52. The fraction of sp³-hybridized carbons (Fsp3) is 0.375. The van der Waals surface area contributed by atoms with E-state index in [1.807, 2.05) is 12.1 Å². The smallest absolute Gasteiger partial charge is 0.133 e. The Balaban J connectivity index is 1.64. The molecule has 116 valence electrons. The number of thioether (sulfide) groups is 1. The van der Waals surface area contributed by atoms with Crippen LogP contribution in [0.4, 0.5) is 15.9 Å². The molecule has 2 aromatic rings. The lowest BCUT2D eigenvalue weighted by molar-refractivity contribution is 0.624. The molecule has 1 aliphatic heterocycles. The minimum absolute atomic E-state index is 0.190. The lowest BCUT2D eigenvalue weighted by Crippen LogP contribution is -2.46. The normalized spacial score (nSPS) is 15.2. The van der Waals surface area contributed by atoms with Gasteiger partial charge in [-0.3, -0.25) is 0 Å². The van der Waals surface area contributed by atoms with Crippen LogP contribution in [0.25, 0.3) is 0 Å². The molecule has 6 heteroatoms. The summed E-state index contributed by atoms with van der Waals surface area (Å²) < 4.78 is 13.0. The number of halogens is 1. The highest BCUT2D eigenvalue weighted by Gasteiger charge is 2.18. The van der Waals surface area contributed by atoms with Crippen molar-refractivity contribution in [1.82, 2.24) is 9.97 Å². The highest BCUT2D eigenvalue weighted by atomic mass is 32.2. The number of piperazine rings is 1. The van der Waals surface area contributed by atoms with Crippen molar-refractivity contribution >= 4 is 23.3 Å². The van der Waals surface area contributed by atoms with E-state index in [0.29, 0.717) is 0 Å². The summed E-state index contributed by atoms with van der Waals surface area (Å²) in [4.78, 5) is 13.2. The van der Waals surface area contributed by atoms with Gasteiger partial charge in [-0.2, -0.15) is 0 Å². The highest BCUT2D eigenvalue weighted by Crippen LogP contribution is 2.22. The Hall–Kier alpha value is -1.82. The molecule has 3 rings (SSSR count). The van der Waals surface area contributed by atoms with E-state index in [9.17, 15) is 4.39 Å². The Morgan fingerprint density at radius 1 is 1.05 bits per heavy atom. The molecule has 0 bridgehead atoms. The first-order valence-corrected chi connectivity index (χ1v) is 8.45. The average Bonchev–Trinajstić information content (AvgIpc) is 2.56. The standard InChI is InChI=1S/C16H19FN4S/c1-2-22-16-11-15(18-12-19-16)21-9-7-20(8-10-21)14-5-3-13(17)4-6-14/h3-6,11-12H,2,7-10H2,1H3. The molecule has 1 fully saturated rings. The van der Waals surface area contributed by atoms with Gasteiger partial charge in [0.25, 0.3) is 0 Å². The van der Waals surface area contributed by atoms with Crippen molar-refractivity contribution in [3.63, 3.8) is 0 Å². The summed E-state index contributed by atoms with van der Waals surface area (Å²) in [5, 5.41) is 1.02. The maximum Gasteiger partial charge on any atom is 0.133 e. The Morgan fingerprint density at radius 2 is 1.73 bits per heavy atom. The first-order valence-electron chi connectivity index (χ1n) is 7.46. The van der Waals surface area contributed by atoms with E-state index in [1.165, 1.54) is 12.1 Å². The van der Waals surface area contributed by atoms with Crippen LogP contribution in [0.15, 0.2) is 41.7 Å². The molecule has 1 aromatic carbocycles. The second-order valence-corrected chi connectivity index (χ2v) is 6.38. The number of rotatable bonds is 4. The Morgan fingerprint density at radius 3 is 2.41 bits per heavy atom. The lowest BCUT2D eigenvalue weighted by Gasteiger charge is -2.36. The van der Waals surface area contributed by atoms with Gasteiger partial charge in [-0.15, -0.1) is 11.8 Å². The Bertz CT molecular complexity index is 612. The zero-order valence-corrected chi connectivity index (χ0v) is 13.4. The number of aromatic nitrogens is 2. The van der Waals surface area contributed by atoms with Gasteiger partial charge < -0.3 is 9.80 Å². The van der Waals surface area contributed by atoms with Crippen LogP contribution in [-0.4, -0.2) is 41.9 Å². The van der Waals surface area contributed by atoms with E-state index in [-0.39, 0.29) is 5.82 Å². The summed E-state index contributed by atoms with van der Waals surface area (Å²) in [5.74, 6) is 1.81. The van der Waals surface area contributed by atoms with Crippen LogP contribution < -0.4 is 9.80 Å². The molecule has 0 aliphatic carbocycles. The van der Waals surface area contributed by atoms with Gasteiger partial charge in [-0.1, -0.05) is 6.92 Å². The Kier molecular flexibility index (Phi) is 4.77. The van der Waals surface area contributed by atoms with E-state index >= 15 is 0 Å². The van der Waals surface area contributed by atoms with Crippen LogP contribution in [0.3, 0.4) is 0 Å². The van der Waals surface area contributed by atoms with E-state index in [4.69, 9.17) is 0 Å². The molecule has 0 saturated carbocycles. The van der Waals surface area contributed by atoms with Crippen molar-refractivity contribution < 1.29 is 4.39 Å². The fourth-order valence-electron chi connectivity index (χ4n) is 2.58. The van der Waals surface area contributed by atoms with E-state index in [1.54, 1.807) is 18.1 Å². The van der Waals surface area contributed by atoms with Gasteiger partial charge >= 0.3 is 0 Å². The largest absolute Gasteiger partial charge is 0.368 e. The second kappa shape index (κ2) is 6.96. The van der Waals surface area contributed by atoms with Gasteiger partial charge in [-0.05, 0) is 30.0 Å². The average molecular weight is 318 g/mol. The predicted molar refractivity (Wildman–Crippen MR) is 89.3 cm³/mol. The van der Waals surface area contributed by atoms with Crippen molar-refractivity contribution in [3.8, 4) is 0 Å². The summed E-state index contributed by atoms with van der Waals surface area (Å²) in [6.45, 7) is 5.75. The number of benzene rings is 1. The monoisotopic (exact) mass is 318 g/mol. The number of anilines is 2. The van der Waals surface area contributed by atoms with Gasteiger partial charge in [0.15, 0.2) is 0 Å². The molecule has 0 spiro atoms. The molecule has 2 heterocycles. The molecule has 22 heavy (non-hydrogen) atoms. The minimum Gasteiger partial charge on any atom is -0.368 e. The predicted octanol–water partition coefficient (Wildman–Crippen LogP) is 3.05. The molecule has 0 unspecified atom stereocenters. The van der Waals surface area contributed by atoms with E-state index < -0.39 is 0 Å². The molecule has 1 saturated heterocycles. The summed E-state index contributed by atoms with van der Waals surface area (Å²) in [6.07, 6.45) is 1.64. The molecule has 0 radical (unpaired) electrons. The molecule has 0 N–H and O–H groups in total. The van der Waals surface area contributed by atoms with Crippen LogP contribution in [0.2, 0.25) is 0 Å². The van der Waals surface area contributed by atoms with Gasteiger partial charge in [0, 0.05) is 37.9 Å². The third-order valence-electron chi connectivity index (χ3n) is 3.72. The highest BCUT2D eigenvalue weighted by molar-refractivity contribution is 7.99. The van der Waals surface area contributed by atoms with Crippen molar-refractivity contribution in [2.24, 2.45) is 0 Å². The molecule has 1 aliphatic rings. The van der Waals surface area contributed by atoms with Crippen molar-refractivity contribution in [2.75, 3.05) is 41.7 Å². The van der Waals surface area contributed by atoms with Crippen molar-refractivity contribution in [3.05, 3.63) is 42.5 Å². The molecule has 0 amide bonds. The molecule has 0 atom stereocenters. The minimum atomic E-state index is -0.190. The molecule has 1 aromatic heterocycles. The van der Waals surface area contributed by atoms with Crippen LogP contribution in [0.1, 0.15) is 6.92 Å². The zero-order valence-electron chi connectivity index (χ0n) is 12.6. The SMILES string of the molecule is CCSc1cc(N2CCN(c3ccc(F)cc3)CC2)ncn1. The lowest BCUT2D eigenvalue weighted by atomic mass is 10.2. The number of hydrogen-bond acceptors (Lipinski definition) is 5. The zero-order chi connectivity index (χ0) is 15.4.